The van der Waals surface area contributed by atoms with E-state index >= 15 is 0 Å². The van der Waals surface area contributed by atoms with Crippen molar-refractivity contribution >= 4 is 11.9 Å². The highest BCUT2D eigenvalue weighted by Crippen LogP contribution is 2.39. The first-order chi connectivity index (χ1) is 8.97. The summed E-state index contributed by atoms with van der Waals surface area (Å²) in [4.78, 5) is 25.1. The van der Waals surface area contributed by atoms with Crippen LogP contribution in [0.4, 0.5) is 0 Å². The van der Waals surface area contributed by atoms with Crippen molar-refractivity contribution in [1.29, 1.82) is 0 Å². The third kappa shape index (κ3) is 2.23. The Bertz CT molecular complexity index is 524. The molecule has 1 N–H and O–H groups in total. The van der Waals surface area contributed by atoms with Crippen LogP contribution < -0.4 is 0 Å². The Hall–Kier alpha value is -1.84. The second-order valence-electron chi connectivity index (χ2n) is 5.06. The van der Waals surface area contributed by atoms with Crippen molar-refractivity contribution in [3.8, 4) is 0 Å². The summed E-state index contributed by atoms with van der Waals surface area (Å²) in [5, 5.41) is 9.36. The first-order valence-corrected chi connectivity index (χ1v) is 6.55. The summed E-state index contributed by atoms with van der Waals surface area (Å²) in [5.41, 5.74) is 3.16. The van der Waals surface area contributed by atoms with Gasteiger partial charge in [0.15, 0.2) is 0 Å². The third-order valence-electron chi connectivity index (χ3n) is 4.05. The number of likely N-dealkylation sites (tertiary alicyclic amines) is 1. The number of aryl methyl sites for hydroxylation is 1. The van der Waals surface area contributed by atoms with Crippen molar-refractivity contribution in [3.05, 3.63) is 34.9 Å². The number of rotatable bonds is 3. The van der Waals surface area contributed by atoms with Gasteiger partial charge in [-0.25, -0.2) is 0 Å². The molecule has 1 aromatic rings. The van der Waals surface area contributed by atoms with Gasteiger partial charge in [0.05, 0.1) is 12.0 Å². The minimum absolute atomic E-state index is 0.0687. The number of carboxylic acids is 1. The molecule has 1 aliphatic heterocycles. The minimum atomic E-state index is -0.893. The Balaban J connectivity index is 2.51. The molecule has 102 valence electrons. The Morgan fingerprint density at radius 3 is 2.68 bits per heavy atom. The van der Waals surface area contributed by atoms with E-state index in [-0.39, 0.29) is 18.4 Å². The lowest BCUT2D eigenvalue weighted by Crippen LogP contribution is -2.31. The van der Waals surface area contributed by atoms with Gasteiger partial charge in [0.25, 0.3) is 0 Å². The molecule has 0 bridgehead atoms. The largest absolute Gasteiger partial charge is 0.481 e. The van der Waals surface area contributed by atoms with Crippen molar-refractivity contribution in [2.75, 3.05) is 6.54 Å². The summed E-state index contributed by atoms with van der Waals surface area (Å²) >= 11 is 0. The van der Waals surface area contributed by atoms with E-state index in [1.807, 2.05) is 39.0 Å². The molecule has 2 unspecified atom stereocenters. The number of nitrogens with zero attached hydrogens (tertiary/aromatic N) is 1. The summed E-state index contributed by atoms with van der Waals surface area (Å²) in [6.07, 6.45) is 0.0984. The maximum Gasteiger partial charge on any atom is 0.309 e. The molecule has 19 heavy (non-hydrogen) atoms. The lowest BCUT2D eigenvalue weighted by molar-refractivity contribution is -0.142. The van der Waals surface area contributed by atoms with Crippen molar-refractivity contribution in [1.82, 2.24) is 4.90 Å². The number of carbonyl (C=O) groups is 2. The van der Waals surface area contributed by atoms with E-state index in [9.17, 15) is 14.7 Å². The molecule has 1 aliphatic rings. The molecule has 1 fully saturated rings. The van der Waals surface area contributed by atoms with E-state index in [4.69, 9.17) is 0 Å². The van der Waals surface area contributed by atoms with Crippen molar-refractivity contribution < 1.29 is 14.7 Å². The molecule has 2 atom stereocenters. The first kappa shape index (κ1) is 13.6. The predicted molar refractivity (Wildman–Crippen MR) is 71.8 cm³/mol. The van der Waals surface area contributed by atoms with Crippen LogP contribution in [0.15, 0.2) is 18.2 Å². The minimum Gasteiger partial charge on any atom is -0.481 e. The quantitative estimate of drug-likeness (QED) is 0.908. The maximum atomic E-state index is 12.0. The lowest BCUT2D eigenvalue weighted by atomic mass is 9.89. The fourth-order valence-electron chi connectivity index (χ4n) is 2.86. The van der Waals surface area contributed by atoms with Gasteiger partial charge in [0.2, 0.25) is 5.91 Å². The van der Waals surface area contributed by atoms with Crippen LogP contribution in [0, 0.1) is 19.8 Å². The SMILES string of the molecule is CCN1C(=O)CC(C(=O)O)C1c1cccc(C)c1C. The van der Waals surface area contributed by atoms with Crippen molar-refractivity contribution in [2.45, 2.75) is 33.2 Å². The Kier molecular flexibility index (Phi) is 3.60. The highest BCUT2D eigenvalue weighted by atomic mass is 16.4. The first-order valence-electron chi connectivity index (χ1n) is 6.55. The Morgan fingerprint density at radius 1 is 1.42 bits per heavy atom. The molecular weight excluding hydrogens is 242 g/mol. The highest BCUT2D eigenvalue weighted by Gasteiger charge is 2.44. The summed E-state index contributed by atoms with van der Waals surface area (Å²) in [7, 11) is 0. The van der Waals surface area contributed by atoms with E-state index in [2.05, 4.69) is 0 Å². The molecule has 2 rings (SSSR count). The van der Waals surface area contributed by atoms with Gasteiger partial charge < -0.3 is 10.0 Å². The predicted octanol–water partition coefficient (Wildman–Crippen LogP) is 2.30. The molecule has 0 aliphatic carbocycles. The number of carbonyl (C=O) groups excluding carboxylic acids is 1. The van der Waals surface area contributed by atoms with Gasteiger partial charge in [-0.2, -0.15) is 0 Å². The number of amides is 1. The highest BCUT2D eigenvalue weighted by molar-refractivity contribution is 5.87. The molecule has 0 saturated carbocycles. The van der Waals surface area contributed by atoms with Crippen LogP contribution in [0.2, 0.25) is 0 Å². The van der Waals surface area contributed by atoms with Gasteiger partial charge in [0.1, 0.15) is 0 Å². The molecule has 4 heteroatoms. The van der Waals surface area contributed by atoms with Crippen LogP contribution in [-0.4, -0.2) is 28.4 Å². The van der Waals surface area contributed by atoms with E-state index in [0.29, 0.717) is 6.54 Å². The van der Waals surface area contributed by atoms with Crippen LogP contribution in [0.3, 0.4) is 0 Å². The van der Waals surface area contributed by atoms with Crippen molar-refractivity contribution in [2.24, 2.45) is 5.92 Å². The van der Waals surface area contributed by atoms with E-state index in [0.717, 1.165) is 16.7 Å². The fourth-order valence-corrected chi connectivity index (χ4v) is 2.86. The zero-order chi connectivity index (χ0) is 14.2. The average molecular weight is 261 g/mol. The van der Waals surface area contributed by atoms with Gasteiger partial charge in [-0.3, -0.25) is 9.59 Å². The van der Waals surface area contributed by atoms with E-state index < -0.39 is 11.9 Å². The fraction of sp³-hybridized carbons (Fsp3) is 0.467. The van der Waals surface area contributed by atoms with Crippen LogP contribution in [0.1, 0.15) is 36.1 Å². The van der Waals surface area contributed by atoms with Gasteiger partial charge in [-0.05, 0) is 37.5 Å². The zero-order valence-electron chi connectivity index (χ0n) is 11.5. The van der Waals surface area contributed by atoms with Crippen LogP contribution in [0.25, 0.3) is 0 Å². The zero-order valence-corrected chi connectivity index (χ0v) is 11.5. The number of hydrogen-bond donors (Lipinski definition) is 1. The van der Waals surface area contributed by atoms with Crippen LogP contribution >= 0.6 is 0 Å². The number of benzene rings is 1. The number of hydrogen-bond acceptors (Lipinski definition) is 2. The molecule has 0 spiro atoms. The Labute approximate surface area is 113 Å². The summed E-state index contributed by atoms with van der Waals surface area (Å²) in [6, 6.07) is 5.52. The normalized spacial score (nSPS) is 22.9. The molecule has 1 saturated heterocycles. The van der Waals surface area contributed by atoms with Gasteiger partial charge in [-0.1, -0.05) is 18.2 Å². The molecular formula is C15H19NO3. The molecule has 0 radical (unpaired) electrons. The van der Waals surface area contributed by atoms with Gasteiger partial charge in [-0.15, -0.1) is 0 Å². The molecule has 4 nitrogen and oxygen atoms in total. The summed E-state index contributed by atoms with van der Waals surface area (Å²) < 4.78 is 0. The maximum absolute atomic E-state index is 12.0. The number of carboxylic acid groups (broad SMARTS) is 1. The van der Waals surface area contributed by atoms with Crippen LogP contribution in [-0.2, 0) is 9.59 Å². The van der Waals surface area contributed by atoms with Crippen molar-refractivity contribution in [3.63, 3.8) is 0 Å². The molecule has 0 aromatic heterocycles. The second-order valence-corrected chi connectivity index (χ2v) is 5.06. The van der Waals surface area contributed by atoms with Gasteiger partial charge >= 0.3 is 5.97 Å². The summed E-state index contributed by atoms with van der Waals surface area (Å²) in [6.45, 7) is 6.42. The number of aliphatic carboxylic acids is 1. The van der Waals surface area contributed by atoms with Gasteiger partial charge in [0, 0.05) is 13.0 Å². The monoisotopic (exact) mass is 261 g/mol. The lowest BCUT2D eigenvalue weighted by Gasteiger charge is -2.28. The van der Waals surface area contributed by atoms with Crippen LogP contribution in [0.5, 0.6) is 0 Å². The average Bonchev–Trinajstić information content (AvgIpc) is 2.69. The summed E-state index contributed by atoms with van der Waals surface area (Å²) in [5.74, 6) is -1.61. The third-order valence-corrected chi connectivity index (χ3v) is 4.05. The standard InChI is InChI=1S/C15H19NO3/c1-4-16-13(17)8-12(15(18)19)14(16)11-7-5-6-9(2)10(11)3/h5-7,12,14H,4,8H2,1-3H3,(H,18,19). The van der Waals surface area contributed by atoms with E-state index in [1.54, 1.807) is 4.90 Å². The smallest absolute Gasteiger partial charge is 0.309 e. The Morgan fingerprint density at radius 2 is 2.11 bits per heavy atom. The van der Waals surface area contributed by atoms with E-state index in [1.165, 1.54) is 0 Å². The molecule has 1 amide bonds. The topological polar surface area (TPSA) is 57.6 Å². The second kappa shape index (κ2) is 5.03. The molecule has 1 heterocycles. The molecule has 1 aromatic carbocycles.